The molecule has 34 heavy (non-hydrogen) atoms. The van der Waals surface area contributed by atoms with Gasteiger partial charge in [0, 0.05) is 18.0 Å². The Hall–Kier alpha value is -4.52. The molecule has 0 saturated heterocycles. The Morgan fingerprint density at radius 3 is 2.18 bits per heavy atom. The molecule has 0 aliphatic rings. The maximum atomic E-state index is 12.8. The number of aromatic hydroxyl groups is 1. The van der Waals surface area contributed by atoms with Gasteiger partial charge in [0.15, 0.2) is 0 Å². The van der Waals surface area contributed by atoms with E-state index in [1.54, 1.807) is 84.9 Å². The molecule has 2 N–H and O–H groups in total. The van der Waals surface area contributed by atoms with Crippen LogP contribution in [0.25, 0.3) is 11.0 Å². The number of carbonyl (C=O) groups excluding carboxylic acids is 3. The topological polar surface area (TPSA) is 114 Å². The highest BCUT2D eigenvalue weighted by atomic mass is 16.4. The first-order chi connectivity index (χ1) is 16.4. The van der Waals surface area contributed by atoms with Gasteiger partial charge in [0.2, 0.25) is 5.78 Å². The Labute approximate surface area is 194 Å². The molecule has 3 aromatic carbocycles. The number of nitrogens with one attached hydrogen (secondary N) is 1. The van der Waals surface area contributed by atoms with Crippen molar-refractivity contribution >= 4 is 34.1 Å². The molecule has 4 aromatic rings. The van der Waals surface area contributed by atoms with Crippen LogP contribution in [0.3, 0.4) is 0 Å². The van der Waals surface area contributed by atoms with Gasteiger partial charge in [0.05, 0.1) is 17.4 Å². The Kier molecular flexibility index (Phi) is 6.64. The van der Waals surface area contributed by atoms with E-state index in [0.717, 1.165) is 0 Å². The average Bonchev–Trinajstić information content (AvgIpc) is 2.84. The third-order valence-corrected chi connectivity index (χ3v) is 5.44. The van der Waals surface area contributed by atoms with E-state index in [2.05, 4.69) is 5.32 Å². The normalized spacial score (nSPS) is 11.6. The van der Waals surface area contributed by atoms with Gasteiger partial charge < -0.3 is 14.8 Å². The molecule has 0 unspecified atom stereocenters. The lowest BCUT2D eigenvalue weighted by Crippen LogP contribution is -2.26. The van der Waals surface area contributed by atoms with Gasteiger partial charge in [-0.1, -0.05) is 60.7 Å². The molecule has 0 radical (unpaired) electrons. The lowest BCUT2D eigenvalue weighted by Gasteiger charge is -2.18. The minimum absolute atomic E-state index is 0.0700. The van der Waals surface area contributed by atoms with Gasteiger partial charge in [-0.05, 0) is 29.8 Å². The minimum Gasteiger partial charge on any atom is -0.507 e. The second kappa shape index (κ2) is 9.95. The Morgan fingerprint density at radius 2 is 1.47 bits per heavy atom. The van der Waals surface area contributed by atoms with Crippen molar-refractivity contribution < 1.29 is 23.9 Å². The summed E-state index contributed by atoms with van der Waals surface area (Å²) in [7, 11) is 0. The zero-order valence-electron chi connectivity index (χ0n) is 18.1. The smallest absolute Gasteiger partial charge is 0.343 e. The number of Topliss-reactive ketones (excluding diaryl/α,β-unsaturated/α-hetero) is 2. The number of amides is 1. The van der Waals surface area contributed by atoms with Crippen LogP contribution in [0.5, 0.6) is 5.75 Å². The number of anilines is 1. The van der Waals surface area contributed by atoms with Crippen LogP contribution in [0, 0.1) is 0 Å². The summed E-state index contributed by atoms with van der Waals surface area (Å²) in [4.78, 5) is 50.2. The van der Waals surface area contributed by atoms with Crippen molar-refractivity contribution in [1.82, 2.24) is 0 Å². The maximum absolute atomic E-state index is 12.8. The number of para-hydroxylation sites is 2. The van der Waals surface area contributed by atoms with E-state index in [1.807, 2.05) is 0 Å². The molecule has 1 atom stereocenters. The lowest BCUT2D eigenvalue weighted by molar-refractivity contribution is -0.137. The first kappa shape index (κ1) is 22.7. The molecule has 0 aliphatic heterocycles. The fourth-order valence-electron chi connectivity index (χ4n) is 3.81. The molecular formula is C27H21NO6. The molecule has 1 aromatic heterocycles. The summed E-state index contributed by atoms with van der Waals surface area (Å²) in [6, 6.07) is 23.7. The van der Waals surface area contributed by atoms with Crippen molar-refractivity contribution in [2.45, 2.75) is 18.8 Å². The Morgan fingerprint density at radius 1 is 0.853 bits per heavy atom. The number of benzene rings is 3. The highest BCUT2D eigenvalue weighted by Crippen LogP contribution is 2.36. The van der Waals surface area contributed by atoms with E-state index in [9.17, 15) is 24.3 Å². The molecule has 0 saturated carbocycles. The second-order valence-corrected chi connectivity index (χ2v) is 7.77. The number of hydrogen-bond acceptors (Lipinski definition) is 6. The molecule has 170 valence electrons. The maximum Gasteiger partial charge on any atom is 0.343 e. The summed E-state index contributed by atoms with van der Waals surface area (Å²) in [6.07, 6.45) is -0.910. The van der Waals surface area contributed by atoms with Crippen molar-refractivity contribution in [2.24, 2.45) is 0 Å². The van der Waals surface area contributed by atoms with Crippen LogP contribution in [0.15, 0.2) is 94.1 Å². The SMILES string of the molecule is O=C(CC(=O)C(=O)Nc1ccccc1)C[C@H](c1ccccc1)c1c(O)c2ccccc2oc1=O. The first-order valence-corrected chi connectivity index (χ1v) is 10.6. The monoisotopic (exact) mass is 455 g/mol. The van der Waals surface area contributed by atoms with Crippen LogP contribution >= 0.6 is 0 Å². The standard InChI is InChI=1S/C27H21NO6/c29-19(16-22(30)26(32)28-18-11-5-2-6-12-18)15-21(17-9-3-1-4-10-17)24-25(31)20-13-7-8-14-23(20)34-27(24)33/h1-14,21,31H,15-16H2,(H,28,32)/t21-/m1/s1. The largest absolute Gasteiger partial charge is 0.507 e. The van der Waals surface area contributed by atoms with Gasteiger partial charge in [0.1, 0.15) is 17.1 Å². The quantitative estimate of drug-likeness (QED) is 0.234. The number of ketones is 2. The summed E-state index contributed by atoms with van der Waals surface area (Å²) in [6.45, 7) is 0. The van der Waals surface area contributed by atoms with Crippen LogP contribution in [-0.4, -0.2) is 22.6 Å². The predicted octanol–water partition coefficient (Wildman–Crippen LogP) is 4.19. The van der Waals surface area contributed by atoms with Gasteiger partial charge in [-0.25, -0.2) is 4.79 Å². The van der Waals surface area contributed by atoms with E-state index in [1.165, 1.54) is 0 Å². The Balaban J connectivity index is 1.60. The average molecular weight is 455 g/mol. The Bertz CT molecular complexity index is 1410. The van der Waals surface area contributed by atoms with Crippen molar-refractivity contribution in [3.05, 3.63) is 106 Å². The molecule has 7 nitrogen and oxygen atoms in total. The molecule has 1 heterocycles. The minimum atomic E-state index is -0.899. The first-order valence-electron chi connectivity index (χ1n) is 10.6. The van der Waals surface area contributed by atoms with E-state index in [0.29, 0.717) is 16.6 Å². The fraction of sp³-hybridized carbons (Fsp3) is 0.111. The molecule has 0 bridgehead atoms. The van der Waals surface area contributed by atoms with Gasteiger partial charge in [-0.15, -0.1) is 0 Å². The number of fused-ring (bicyclic) bond motifs is 1. The van der Waals surface area contributed by atoms with E-state index < -0.39 is 35.4 Å². The second-order valence-electron chi connectivity index (χ2n) is 7.77. The van der Waals surface area contributed by atoms with Crippen LogP contribution in [0.2, 0.25) is 0 Å². The molecule has 0 fully saturated rings. The molecular weight excluding hydrogens is 434 g/mol. The summed E-state index contributed by atoms with van der Waals surface area (Å²) in [5, 5.41) is 13.7. The van der Waals surface area contributed by atoms with Crippen molar-refractivity contribution in [1.29, 1.82) is 0 Å². The van der Waals surface area contributed by atoms with Gasteiger partial charge in [0.25, 0.3) is 5.91 Å². The highest BCUT2D eigenvalue weighted by molar-refractivity contribution is 6.43. The summed E-state index contributed by atoms with van der Waals surface area (Å²) in [5.41, 5.74) is 0.411. The third kappa shape index (κ3) is 4.94. The van der Waals surface area contributed by atoms with E-state index in [4.69, 9.17) is 4.42 Å². The van der Waals surface area contributed by atoms with Crippen LogP contribution in [-0.2, 0) is 14.4 Å². The van der Waals surface area contributed by atoms with Crippen LogP contribution in [0.4, 0.5) is 5.69 Å². The lowest BCUT2D eigenvalue weighted by atomic mass is 9.86. The van der Waals surface area contributed by atoms with Crippen LogP contribution in [0.1, 0.15) is 29.9 Å². The van der Waals surface area contributed by atoms with Gasteiger partial charge in [-0.2, -0.15) is 0 Å². The van der Waals surface area contributed by atoms with Crippen molar-refractivity contribution in [3.63, 3.8) is 0 Å². The van der Waals surface area contributed by atoms with Crippen molar-refractivity contribution in [3.8, 4) is 5.75 Å². The zero-order valence-corrected chi connectivity index (χ0v) is 18.1. The molecule has 1 amide bonds. The zero-order chi connectivity index (χ0) is 24.1. The fourth-order valence-corrected chi connectivity index (χ4v) is 3.81. The molecule has 4 rings (SSSR count). The van der Waals surface area contributed by atoms with Gasteiger partial charge >= 0.3 is 5.63 Å². The predicted molar refractivity (Wildman–Crippen MR) is 127 cm³/mol. The van der Waals surface area contributed by atoms with Crippen LogP contribution < -0.4 is 10.9 Å². The molecule has 7 heteroatoms. The number of hydrogen-bond donors (Lipinski definition) is 2. The molecule has 0 aliphatic carbocycles. The number of rotatable bonds is 8. The third-order valence-electron chi connectivity index (χ3n) is 5.44. The number of carbonyl (C=O) groups is 3. The molecule has 0 spiro atoms. The summed E-state index contributed by atoms with van der Waals surface area (Å²) < 4.78 is 5.39. The highest BCUT2D eigenvalue weighted by Gasteiger charge is 2.28. The van der Waals surface area contributed by atoms with Crippen molar-refractivity contribution in [2.75, 3.05) is 5.32 Å². The summed E-state index contributed by atoms with van der Waals surface area (Å²) in [5.74, 6) is -3.48. The van der Waals surface area contributed by atoms with E-state index in [-0.39, 0.29) is 23.3 Å². The summed E-state index contributed by atoms with van der Waals surface area (Å²) >= 11 is 0. The van der Waals surface area contributed by atoms with Gasteiger partial charge in [-0.3, -0.25) is 14.4 Å². The van der Waals surface area contributed by atoms with E-state index >= 15 is 0 Å².